The van der Waals surface area contributed by atoms with Crippen molar-refractivity contribution >= 4 is 21.6 Å². The van der Waals surface area contributed by atoms with Gasteiger partial charge < -0.3 is 10.1 Å². The van der Waals surface area contributed by atoms with E-state index in [1.165, 1.54) is 10.4 Å². The van der Waals surface area contributed by atoms with E-state index in [9.17, 15) is 13.2 Å². The summed E-state index contributed by atoms with van der Waals surface area (Å²) in [6.07, 6.45) is 4.93. The molecule has 160 valence electrons. The Kier molecular flexibility index (Phi) is 6.11. The first-order valence-electron chi connectivity index (χ1n) is 10.6. The van der Waals surface area contributed by atoms with Crippen LogP contribution < -0.4 is 9.62 Å². The molecule has 2 unspecified atom stereocenters. The fourth-order valence-electron chi connectivity index (χ4n) is 4.17. The smallest absolute Gasteiger partial charge is 0.264 e. The van der Waals surface area contributed by atoms with Crippen LogP contribution in [0.25, 0.3) is 0 Å². The number of hydrogen-bond acceptors (Lipinski definition) is 4. The van der Waals surface area contributed by atoms with Crippen LogP contribution in [-0.4, -0.2) is 39.6 Å². The standard InChI is InChI=1S/C23H28N2O4S/c1-17(11-12-20-8-5-15-29-20)24-23(26)19-7-4-9-21(16-19)30(27,28)25-14-13-18-6-2-3-10-22(18)25/h2-4,6-7,9-10,16-17,20H,5,8,11-15H2,1H3,(H,24,26). The van der Waals surface area contributed by atoms with Crippen LogP contribution in [0.5, 0.6) is 0 Å². The number of rotatable bonds is 7. The highest BCUT2D eigenvalue weighted by atomic mass is 32.2. The summed E-state index contributed by atoms with van der Waals surface area (Å²) in [5.74, 6) is -0.256. The first-order chi connectivity index (χ1) is 14.4. The van der Waals surface area contributed by atoms with Crippen molar-refractivity contribution in [2.75, 3.05) is 17.5 Å². The lowest BCUT2D eigenvalue weighted by molar-refractivity contribution is 0.0899. The summed E-state index contributed by atoms with van der Waals surface area (Å²) in [7, 11) is -3.72. The zero-order valence-electron chi connectivity index (χ0n) is 17.2. The van der Waals surface area contributed by atoms with E-state index in [2.05, 4.69) is 5.32 Å². The average molecular weight is 429 g/mol. The van der Waals surface area contributed by atoms with Gasteiger partial charge in [-0.15, -0.1) is 0 Å². The number of anilines is 1. The van der Waals surface area contributed by atoms with Gasteiger partial charge in [-0.1, -0.05) is 24.3 Å². The van der Waals surface area contributed by atoms with Gasteiger partial charge in [0.2, 0.25) is 0 Å². The number of fused-ring (bicyclic) bond motifs is 1. The SMILES string of the molecule is CC(CCC1CCCO1)NC(=O)c1cccc(S(=O)(=O)N2CCc3ccccc32)c1. The number of ether oxygens (including phenoxy) is 1. The molecule has 1 N–H and O–H groups in total. The Balaban J connectivity index is 1.45. The highest BCUT2D eigenvalue weighted by Crippen LogP contribution is 2.32. The molecular weight excluding hydrogens is 400 g/mol. The lowest BCUT2D eigenvalue weighted by Crippen LogP contribution is -2.33. The van der Waals surface area contributed by atoms with Gasteiger partial charge in [-0.05, 0) is 68.9 Å². The molecule has 0 spiro atoms. The van der Waals surface area contributed by atoms with Gasteiger partial charge >= 0.3 is 0 Å². The number of hydrogen-bond donors (Lipinski definition) is 1. The number of nitrogens with one attached hydrogen (secondary N) is 1. The van der Waals surface area contributed by atoms with Gasteiger partial charge in [0, 0.05) is 24.8 Å². The summed E-state index contributed by atoms with van der Waals surface area (Å²) in [6.45, 7) is 3.21. The summed E-state index contributed by atoms with van der Waals surface area (Å²) in [5, 5.41) is 2.98. The third-order valence-corrected chi connectivity index (χ3v) is 7.66. The molecule has 30 heavy (non-hydrogen) atoms. The molecule has 0 saturated carbocycles. The third-order valence-electron chi connectivity index (χ3n) is 5.85. The first kappa shape index (κ1) is 20.9. The predicted octanol–water partition coefficient (Wildman–Crippen LogP) is 3.52. The van der Waals surface area contributed by atoms with Crippen LogP contribution >= 0.6 is 0 Å². The van der Waals surface area contributed by atoms with Gasteiger partial charge in [0.25, 0.3) is 15.9 Å². The Hall–Kier alpha value is -2.38. The van der Waals surface area contributed by atoms with Crippen molar-refractivity contribution in [3.63, 3.8) is 0 Å². The molecule has 2 aromatic carbocycles. The third kappa shape index (κ3) is 4.37. The molecule has 6 nitrogen and oxygen atoms in total. The maximum absolute atomic E-state index is 13.2. The zero-order valence-corrected chi connectivity index (χ0v) is 18.0. The fraction of sp³-hybridized carbons (Fsp3) is 0.435. The molecule has 1 saturated heterocycles. The molecule has 4 rings (SSSR count). The van der Waals surface area contributed by atoms with Crippen molar-refractivity contribution in [1.29, 1.82) is 0 Å². The Morgan fingerprint density at radius 1 is 1.23 bits per heavy atom. The van der Waals surface area contributed by atoms with Gasteiger partial charge in [0.15, 0.2) is 0 Å². The van der Waals surface area contributed by atoms with Gasteiger partial charge in [-0.25, -0.2) is 8.42 Å². The quantitative estimate of drug-likeness (QED) is 0.732. The molecular formula is C23H28N2O4S. The van der Waals surface area contributed by atoms with Crippen LogP contribution in [0.15, 0.2) is 53.4 Å². The molecule has 2 heterocycles. The molecule has 1 fully saturated rings. The number of benzene rings is 2. The number of sulfonamides is 1. The Morgan fingerprint density at radius 3 is 2.87 bits per heavy atom. The topological polar surface area (TPSA) is 75.7 Å². The molecule has 2 aliphatic heterocycles. The van der Waals surface area contributed by atoms with Crippen molar-refractivity contribution in [1.82, 2.24) is 5.32 Å². The van der Waals surface area contributed by atoms with Crippen molar-refractivity contribution in [2.24, 2.45) is 0 Å². The summed E-state index contributed by atoms with van der Waals surface area (Å²) in [4.78, 5) is 12.8. The molecule has 7 heteroatoms. The van der Waals surface area contributed by atoms with Gasteiger partial charge in [0.1, 0.15) is 0 Å². The van der Waals surface area contributed by atoms with E-state index in [-0.39, 0.29) is 16.8 Å². The van der Waals surface area contributed by atoms with Crippen LogP contribution in [0.4, 0.5) is 5.69 Å². The lowest BCUT2D eigenvalue weighted by atomic mass is 10.1. The van der Waals surface area contributed by atoms with Crippen LogP contribution in [0.2, 0.25) is 0 Å². The first-order valence-corrected chi connectivity index (χ1v) is 12.0. The molecule has 0 aromatic heterocycles. The molecule has 2 atom stereocenters. The summed E-state index contributed by atoms with van der Waals surface area (Å²) < 4.78 is 33.5. The average Bonchev–Trinajstić information content (AvgIpc) is 3.42. The zero-order chi connectivity index (χ0) is 21.1. The molecule has 2 aromatic rings. The predicted molar refractivity (Wildman–Crippen MR) is 116 cm³/mol. The number of nitrogens with zero attached hydrogens (tertiary/aromatic N) is 1. The van der Waals surface area contributed by atoms with Crippen molar-refractivity contribution in [3.05, 3.63) is 59.7 Å². The second-order valence-electron chi connectivity index (χ2n) is 8.07. The van der Waals surface area contributed by atoms with E-state index in [0.717, 1.165) is 43.5 Å². The summed E-state index contributed by atoms with van der Waals surface area (Å²) in [6, 6.07) is 13.8. The number of carbonyl (C=O) groups is 1. The van der Waals surface area contributed by atoms with E-state index in [4.69, 9.17) is 4.74 Å². The molecule has 0 bridgehead atoms. The van der Waals surface area contributed by atoms with E-state index in [1.807, 2.05) is 31.2 Å². The minimum atomic E-state index is -3.72. The van der Waals surface area contributed by atoms with Crippen LogP contribution in [0.1, 0.15) is 48.5 Å². The summed E-state index contributed by atoms with van der Waals surface area (Å²) >= 11 is 0. The van der Waals surface area contributed by atoms with Crippen LogP contribution in [-0.2, 0) is 21.2 Å². The Labute approximate surface area is 178 Å². The Morgan fingerprint density at radius 2 is 2.07 bits per heavy atom. The number of amides is 1. The van der Waals surface area contributed by atoms with Gasteiger partial charge in [0.05, 0.1) is 16.7 Å². The van der Waals surface area contributed by atoms with Crippen LogP contribution in [0, 0.1) is 0 Å². The maximum atomic E-state index is 13.2. The minimum absolute atomic E-state index is 0.00702. The monoisotopic (exact) mass is 428 g/mol. The van der Waals surface area contributed by atoms with Crippen molar-refractivity contribution in [2.45, 2.75) is 56.1 Å². The van der Waals surface area contributed by atoms with E-state index in [1.54, 1.807) is 18.2 Å². The lowest BCUT2D eigenvalue weighted by Gasteiger charge is -2.20. The van der Waals surface area contributed by atoms with Gasteiger partial charge in [-0.2, -0.15) is 0 Å². The number of para-hydroxylation sites is 1. The van der Waals surface area contributed by atoms with Crippen molar-refractivity contribution < 1.29 is 17.9 Å². The minimum Gasteiger partial charge on any atom is -0.378 e. The van der Waals surface area contributed by atoms with Crippen LogP contribution in [0.3, 0.4) is 0 Å². The molecule has 0 aliphatic carbocycles. The van der Waals surface area contributed by atoms with E-state index in [0.29, 0.717) is 24.6 Å². The van der Waals surface area contributed by atoms with E-state index < -0.39 is 10.0 Å². The maximum Gasteiger partial charge on any atom is 0.264 e. The molecule has 2 aliphatic rings. The Bertz CT molecular complexity index is 1020. The van der Waals surface area contributed by atoms with E-state index >= 15 is 0 Å². The molecule has 1 amide bonds. The normalized spacial score (nSPS) is 19.5. The second kappa shape index (κ2) is 8.78. The highest BCUT2D eigenvalue weighted by molar-refractivity contribution is 7.92. The second-order valence-corrected chi connectivity index (χ2v) is 9.93. The highest BCUT2D eigenvalue weighted by Gasteiger charge is 2.31. The largest absolute Gasteiger partial charge is 0.378 e. The van der Waals surface area contributed by atoms with Gasteiger partial charge in [-0.3, -0.25) is 9.10 Å². The number of carbonyl (C=O) groups excluding carboxylic acids is 1. The van der Waals surface area contributed by atoms with Crippen molar-refractivity contribution in [3.8, 4) is 0 Å². The fourth-order valence-corrected chi connectivity index (χ4v) is 5.72. The molecule has 0 radical (unpaired) electrons. The summed E-state index contributed by atoms with van der Waals surface area (Å²) in [5.41, 5.74) is 2.10.